The Morgan fingerprint density at radius 2 is 1.96 bits per heavy atom. The number of amides is 1. The van der Waals surface area contributed by atoms with Crippen molar-refractivity contribution in [2.75, 3.05) is 11.9 Å². The van der Waals surface area contributed by atoms with Crippen LogP contribution in [0.1, 0.15) is 25.0 Å². The fourth-order valence-corrected chi connectivity index (χ4v) is 3.06. The first-order valence-electron chi connectivity index (χ1n) is 8.24. The zero-order valence-corrected chi connectivity index (χ0v) is 13.9. The monoisotopic (exact) mass is 364 g/mol. The molecule has 1 aromatic carbocycles. The lowest BCUT2D eigenvalue weighted by atomic mass is 10.0. The van der Waals surface area contributed by atoms with E-state index in [9.17, 15) is 23.5 Å². The van der Waals surface area contributed by atoms with Gasteiger partial charge in [-0.2, -0.15) is 0 Å². The Bertz CT molecular complexity index is 848. The van der Waals surface area contributed by atoms with Crippen molar-refractivity contribution in [3.8, 4) is 5.75 Å². The van der Waals surface area contributed by atoms with E-state index in [1.165, 1.54) is 6.07 Å². The van der Waals surface area contributed by atoms with E-state index in [0.29, 0.717) is 18.7 Å². The highest BCUT2D eigenvalue weighted by Gasteiger charge is 2.29. The van der Waals surface area contributed by atoms with Crippen molar-refractivity contribution in [3.63, 3.8) is 0 Å². The van der Waals surface area contributed by atoms with Gasteiger partial charge in [0.2, 0.25) is 11.3 Å². The number of piperidine rings is 1. The van der Waals surface area contributed by atoms with Crippen molar-refractivity contribution >= 4 is 11.6 Å². The Kier molecular flexibility index (Phi) is 5.32. The molecule has 6 nitrogen and oxygen atoms in total. The number of anilines is 1. The van der Waals surface area contributed by atoms with Crippen molar-refractivity contribution in [2.45, 2.75) is 31.8 Å². The molecule has 0 radical (unpaired) electrons. The number of aromatic hydroxyl groups is 1. The van der Waals surface area contributed by atoms with Crippen LogP contribution < -0.4 is 10.7 Å². The molecule has 1 saturated heterocycles. The van der Waals surface area contributed by atoms with Crippen LogP contribution in [0.2, 0.25) is 0 Å². The van der Waals surface area contributed by atoms with Gasteiger partial charge in [0.1, 0.15) is 23.7 Å². The van der Waals surface area contributed by atoms with Crippen LogP contribution >= 0.6 is 0 Å². The second-order valence-corrected chi connectivity index (χ2v) is 6.23. The Labute approximate surface area is 148 Å². The van der Waals surface area contributed by atoms with E-state index in [2.05, 4.69) is 5.32 Å². The van der Waals surface area contributed by atoms with Crippen molar-refractivity contribution in [3.05, 3.63) is 58.1 Å². The Morgan fingerprint density at radius 3 is 2.65 bits per heavy atom. The minimum absolute atomic E-state index is 0.0502. The summed E-state index contributed by atoms with van der Waals surface area (Å²) in [4.78, 5) is 25.9. The van der Waals surface area contributed by atoms with E-state index in [4.69, 9.17) is 4.42 Å². The van der Waals surface area contributed by atoms with Gasteiger partial charge >= 0.3 is 0 Å². The fraction of sp³-hybridized carbons (Fsp3) is 0.333. The first-order valence-corrected chi connectivity index (χ1v) is 8.24. The number of nitrogens with zero attached hydrogens (tertiary/aromatic N) is 1. The number of benzene rings is 1. The van der Waals surface area contributed by atoms with Gasteiger partial charge in [-0.25, -0.2) is 8.78 Å². The molecule has 0 unspecified atom stereocenters. The fourth-order valence-electron chi connectivity index (χ4n) is 3.06. The van der Waals surface area contributed by atoms with Crippen molar-refractivity contribution in [1.29, 1.82) is 0 Å². The molecule has 3 rings (SSSR count). The third kappa shape index (κ3) is 4.26. The van der Waals surface area contributed by atoms with E-state index >= 15 is 0 Å². The molecule has 1 fully saturated rings. The number of hydrogen-bond donors (Lipinski definition) is 2. The molecule has 138 valence electrons. The summed E-state index contributed by atoms with van der Waals surface area (Å²) in [7, 11) is 0. The molecule has 2 N–H and O–H groups in total. The van der Waals surface area contributed by atoms with Gasteiger partial charge in [-0.05, 0) is 31.5 Å². The second-order valence-electron chi connectivity index (χ2n) is 6.23. The molecule has 1 amide bonds. The molecule has 1 aromatic heterocycles. The molecule has 0 spiro atoms. The van der Waals surface area contributed by atoms with E-state index in [1.54, 1.807) is 0 Å². The van der Waals surface area contributed by atoms with Crippen LogP contribution in [0, 0.1) is 11.6 Å². The van der Waals surface area contributed by atoms with Gasteiger partial charge in [0.25, 0.3) is 0 Å². The van der Waals surface area contributed by atoms with Crippen LogP contribution in [0.15, 0.2) is 39.7 Å². The topological polar surface area (TPSA) is 82.8 Å². The maximum Gasteiger partial charge on any atom is 0.241 e. The Morgan fingerprint density at radius 1 is 1.23 bits per heavy atom. The molecule has 0 aliphatic carbocycles. The average molecular weight is 364 g/mol. The summed E-state index contributed by atoms with van der Waals surface area (Å²) in [6, 6.07) is 3.49. The molecule has 1 aliphatic heterocycles. The summed E-state index contributed by atoms with van der Waals surface area (Å²) >= 11 is 0. The molecular weight excluding hydrogens is 346 g/mol. The van der Waals surface area contributed by atoms with Crippen LogP contribution in [-0.4, -0.2) is 28.5 Å². The van der Waals surface area contributed by atoms with E-state index in [-0.39, 0.29) is 18.1 Å². The quantitative estimate of drug-likeness (QED) is 0.871. The third-order valence-corrected chi connectivity index (χ3v) is 4.27. The molecule has 0 saturated carbocycles. The summed E-state index contributed by atoms with van der Waals surface area (Å²) in [5, 5.41) is 11.8. The van der Waals surface area contributed by atoms with Gasteiger partial charge in [-0.15, -0.1) is 0 Å². The SMILES string of the molecule is O=C(Nc1cc(F)cc(F)c1)[C@@H]1CCCCN1Cc1cc(=O)c(O)co1. The van der Waals surface area contributed by atoms with Crippen molar-refractivity contribution < 1.29 is 23.1 Å². The number of carbonyl (C=O) groups excluding carboxylic acids is 1. The first-order chi connectivity index (χ1) is 12.4. The van der Waals surface area contributed by atoms with Gasteiger partial charge < -0.3 is 14.8 Å². The maximum atomic E-state index is 13.3. The largest absolute Gasteiger partial charge is 0.502 e. The number of nitrogens with one attached hydrogen (secondary N) is 1. The second kappa shape index (κ2) is 7.65. The molecule has 8 heteroatoms. The highest BCUT2D eigenvalue weighted by molar-refractivity contribution is 5.94. The highest BCUT2D eigenvalue weighted by Crippen LogP contribution is 2.22. The number of rotatable bonds is 4. The predicted molar refractivity (Wildman–Crippen MR) is 89.7 cm³/mol. The van der Waals surface area contributed by atoms with Gasteiger partial charge in [-0.1, -0.05) is 6.42 Å². The lowest BCUT2D eigenvalue weighted by Crippen LogP contribution is -2.46. The average Bonchev–Trinajstić information content (AvgIpc) is 2.57. The smallest absolute Gasteiger partial charge is 0.241 e. The van der Waals surface area contributed by atoms with Gasteiger partial charge in [0, 0.05) is 17.8 Å². The molecule has 1 atom stereocenters. The Hall–Kier alpha value is -2.74. The summed E-state index contributed by atoms with van der Waals surface area (Å²) in [6.45, 7) is 0.825. The predicted octanol–water partition coefficient (Wildman–Crippen LogP) is 2.62. The minimum Gasteiger partial charge on any atom is -0.502 e. The standard InChI is InChI=1S/C18H18F2N2O4/c19-11-5-12(20)7-13(6-11)21-18(25)15-3-1-2-4-22(15)9-14-8-16(23)17(24)10-26-14/h5-8,10,15,24H,1-4,9H2,(H,21,25)/t15-/m0/s1. The van der Waals surface area contributed by atoms with Crippen LogP contribution in [0.4, 0.5) is 14.5 Å². The van der Waals surface area contributed by atoms with Crippen LogP contribution in [0.25, 0.3) is 0 Å². The number of hydrogen-bond acceptors (Lipinski definition) is 5. The van der Waals surface area contributed by atoms with E-state index < -0.39 is 28.9 Å². The molecule has 1 aliphatic rings. The van der Waals surface area contributed by atoms with Crippen LogP contribution in [0.5, 0.6) is 5.75 Å². The lowest BCUT2D eigenvalue weighted by Gasteiger charge is -2.34. The van der Waals surface area contributed by atoms with Crippen LogP contribution in [-0.2, 0) is 11.3 Å². The van der Waals surface area contributed by atoms with Gasteiger partial charge in [-0.3, -0.25) is 14.5 Å². The molecule has 2 heterocycles. The van der Waals surface area contributed by atoms with Crippen LogP contribution in [0.3, 0.4) is 0 Å². The van der Waals surface area contributed by atoms with Gasteiger partial charge in [0.15, 0.2) is 5.75 Å². The van der Waals surface area contributed by atoms with Crippen molar-refractivity contribution in [2.24, 2.45) is 0 Å². The molecular formula is C18H18F2N2O4. The Balaban J connectivity index is 1.74. The number of carbonyl (C=O) groups is 1. The van der Waals surface area contributed by atoms with E-state index in [1.807, 2.05) is 4.90 Å². The molecule has 0 bridgehead atoms. The lowest BCUT2D eigenvalue weighted by molar-refractivity contribution is -0.122. The minimum atomic E-state index is -0.772. The van der Waals surface area contributed by atoms with Crippen molar-refractivity contribution in [1.82, 2.24) is 4.90 Å². The maximum absolute atomic E-state index is 13.3. The zero-order chi connectivity index (χ0) is 18.7. The van der Waals surface area contributed by atoms with E-state index in [0.717, 1.165) is 37.3 Å². The number of halogens is 2. The molecule has 2 aromatic rings. The zero-order valence-electron chi connectivity index (χ0n) is 13.9. The summed E-state index contributed by atoms with van der Waals surface area (Å²) in [5.74, 6) is -2.08. The summed E-state index contributed by atoms with van der Waals surface area (Å²) < 4.78 is 31.8. The van der Waals surface area contributed by atoms with Gasteiger partial charge in [0.05, 0.1) is 12.6 Å². The number of likely N-dealkylation sites (tertiary alicyclic amines) is 1. The highest BCUT2D eigenvalue weighted by atomic mass is 19.1. The normalized spacial score (nSPS) is 17.8. The third-order valence-electron chi connectivity index (χ3n) is 4.27. The summed E-state index contributed by atoms with van der Waals surface area (Å²) in [5.41, 5.74) is -0.506. The first kappa shape index (κ1) is 18.1. The summed E-state index contributed by atoms with van der Waals surface area (Å²) in [6.07, 6.45) is 3.25. The molecule has 26 heavy (non-hydrogen) atoms.